The number of hydrogen-bond acceptors (Lipinski definition) is 1. The molecule has 0 bridgehead atoms. The van der Waals surface area contributed by atoms with E-state index in [1.807, 2.05) is 54.6 Å². The number of rotatable bonds is 6. The summed E-state index contributed by atoms with van der Waals surface area (Å²) in [6.45, 7) is -3.06. The molecule has 0 aliphatic carbocycles. The predicted octanol–water partition coefficient (Wildman–Crippen LogP) is 3.91. The molecule has 3 heteroatoms. The van der Waals surface area contributed by atoms with Crippen molar-refractivity contribution < 1.29 is 4.79 Å². The summed E-state index contributed by atoms with van der Waals surface area (Å²) < 4.78 is 0. The van der Waals surface area contributed by atoms with Gasteiger partial charge >= 0.3 is 148 Å². The predicted molar refractivity (Wildman–Crippen MR) is 107 cm³/mol. The minimum absolute atomic E-state index is 0.405. The summed E-state index contributed by atoms with van der Waals surface area (Å²) in [7, 11) is 0. The van der Waals surface area contributed by atoms with Gasteiger partial charge in [0.05, 0.1) is 0 Å². The van der Waals surface area contributed by atoms with Crippen LogP contribution in [-0.2, 0) is 4.79 Å². The number of carbonyl (C=O) groups excluding carboxylic acids is 1. The Kier molecular flexibility index (Phi) is 4.85. The summed E-state index contributed by atoms with van der Waals surface area (Å²) in [6, 6.07) is 30.9. The Labute approximate surface area is 148 Å². The molecule has 0 spiro atoms. The first-order valence-electron chi connectivity index (χ1n) is 7.95. The molecule has 0 aliphatic heterocycles. The monoisotopic (exact) mass is 354 g/mol. The van der Waals surface area contributed by atoms with Crippen molar-refractivity contribution >= 4 is 40.4 Å². The Bertz CT molecular complexity index is 704. The maximum atomic E-state index is 11.9. The molecule has 3 aromatic rings. The molecule has 0 fully saturated rings. The van der Waals surface area contributed by atoms with Crippen LogP contribution in [0.1, 0.15) is 0 Å². The van der Waals surface area contributed by atoms with E-state index in [1.165, 1.54) is 0 Å². The van der Waals surface area contributed by atoms with Gasteiger partial charge in [-0.25, -0.2) is 0 Å². The first-order chi connectivity index (χ1) is 11.8. The molecule has 122 valence electrons. The molecule has 1 nitrogen and oxygen atoms in total. The van der Waals surface area contributed by atoms with Crippen molar-refractivity contribution in [1.29, 1.82) is 0 Å². The molecular weight excluding hydrogens is 335 g/mol. The van der Waals surface area contributed by atoms with Gasteiger partial charge in [0.15, 0.2) is 0 Å². The second kappa shape index (κ2) is 6.89. The van der Waals surface area contributed by atoms with Crippen LogP contribution in [0.5, 0.6) is 0 Å². The second-order valence-corrected chi connectivity index (χ2v) is 11.9. The fourth-order valence-electron chi connectivity index (χ4n) is 3.55. The van der Waals surface area contributed by atoms with E-state index in [9.17, 15) is 4.79 Å². The Morgan fingerprint density at radius 2 is 1.00 bits per heavy atom. The van der Waals surface area contributed by atoms with Crippen molar-refractivity contribution in [2.45, 2.75) is 0 Å². The van der Waals surface area contributed by atoms with Crippen LogP contribution in [0, 0.1) is 0 Å². The Morgan fingerprint density at radius 1 is 0.667 bits per heavy atom. The molecule has 0 amide bonds. The van der Waals surface area contributed by atoms with Gasteiger partial charge in [0.25, 0.3) is 0 Å². The number of alkyl halides is 1. The van der Waals surface area contributed by atoms with Gasteiger partial charge in [0.2, 0.25) is 0 Å². The topological polar surface area (TPSA) is 17.1 Å². The van der Waals surface area contributed by atoms with Crippen LogP contribution >= 0.6 is 18.2 Å². The van der Waals surface area contributed by atoms with Crippen LogP contribution in [0.25, 0.3) is 0 Å². The molecule has 0 radical (unpaired) electrons. The van der Waals surface area contributed by atoms with Crippen LogP contribution in [0.4, 0.5) is 0 Å². The molecule has 0 aromatic heterocycles. The quantitative estimate of drug-likeness (QED) is 0.372. The number of aldehydes is 1. The first-order valence-corrected chi connectivity index (χ1v) is 11.1. The number of carbonyl (C=O) groups is 1. The molecule has 3 aromatic carbocycles. The van der Waals surface area contributed by atoms with E-state index in [0.29, 0.717) is 11.8 Å². The Morgan fingerprint density at radius 3 is 1.25 bits per heavy atom. The standard InChI is InChI=1S/C21H20ClOP/c22-18-24(17-16-23,19-10-4-1-5-11-19,20-12-6-2-7-13-20)21-14-8-3-9-15-21/h1-16H,17-18H2. The summed E-state index contributed by atoms with van der Waals surface area (Å²) in [6.07, 6.45) is 1.44. The van der Waals surface area contributed by atoms with Crippen molar-refractivity contribution in [3.8, 4) is 0 Å². The fourth-order valence-corrected chi connectivity index (χ4v) is 10.1. The molecule has 3 rings (SSSR count). The summed E-state index contributed by atoms with van der Waals surface area (Å²) in [5.41, 5.74) is 0.405. The fraction of sp³-hybridized carbons (Fsp3) is 0.0952. The van der Waals surface area contributed by atoms with Gasteiger partial charge in [-0.3, -0.25) is 0 Å². The van der Waals surface area contributed by atoms with Crippen LogP contribution in [-0.4, -0.2) is 18.1 Å². The van der Waals surface area contributed by atoms with Crippen LogP contribution < -0.4 is 15.9 Å². The number of benzene rings is 3. The average molecular weight is 355 g/mol. The van der Waals surface area contributed by atoms with Gasteiger partial charge in [-0.1, -0.05) is 0 Å². The van der Waals surface area contributed by atoms with E-state index in [-0.39, 0.29) is 0 Å². The van der Waals surface area contributed by atoms with E-state index in [0.717, 1.165) is 22.2 Å². The zero-order valence-corrected chi connectivity index (χ0v) is 15.0. The van der Waals surface area contributed by atoms with Gasteiger partial charge < -0.3 is 0 Å². The molecule has 0 saturated carbocycles. The zero-order chi connectivity index (χ0) is 16.9. The third-order valence-corrected chi connectivity index (χ3v) is 12.6. The van der Waals surface area contributed by atoms with Gasteiger partial charge in [-0.2, -0.15) is 0 Å². The Balaban J connectivity index is 2.49. The van der Waals surface area contributed by atoms with Crippen molar-refractivity contribution in [2.75, 3.05) is 11.8 Å². The van der Waals surface area contributed by atoms with Gasteiger partial charge in [0, 0.05) is 0 Å². The molecule has 0 aliphatic rings. The van der Waals surface area contributed by atoms with Gasteiger partial charge in [0.1, 0.15) is 0 Å². The van der Waals surface area contributed by atoms with Crippen molar-refractivity contribution in [3.63, 3.8) is 0 Å². The molecule has 0 saturated heterocycles. The summed E-state index contributed by atoms with van der Waals surface area (Å²) in [4.78, 5) is 11.9. The summed E-state index contributed by atoms with van der Waals surface area (Å²) in [5.74, 6) is 0. The van der Waals surface area contributed by atoms with Crippen LogP contribution in [0.2, 0.25) is 0 Å². The first kappa shape index (κ1) is 16.9. The van der Waals surface area contributed by atoms with E-state index >= 15 is 0 Å². The Hall–Kier alpha value is -1.95. The summed E-state index contributed by atoms with van der Waals surface area (Å²) in [5, 5.41) is 3.47. The minimum atomic E-state index is -3.06. The van der Waals surface area contributed by atoms with Crippen LogP contribution in [0.3, 0.4) is 0 Å². The molecule has 0 atom stereocenters. The van der Waals surface area contributed by atoms with E-state index in [1.54, 1.807) is 0 Å². The third-order valence-electron chi connectivity index (χ3n) is 4.88. The summed E-state index contributed by atoms with van der Waals surface area (Å²) >= 11 is 6.76. The molecule has 24 heavy (non-hydrogen) atoms. The molecule has 0 N–H and O–H groups in total. The average Bonchev–Trinajstić information content (AvgIpc) is 2.69. The van der Waals surface area contributed by atoms with Gasteiger partial charge in [-0.05, 0) is 0 Å². The zero-order valence-electron chi connectivity index (χ0n) is 13.4. The van der Waals surface area contributed by atoms with E-state index < -0.39 is 6.60 Å². The van der Waals surface area contributed by atoms with E-state index in [2.05, 4.69) is 36.4 Å². The van der Waals surface area contributed by atoms with Crippen LogP contribution in [0.15, 0.2) is 91.0 Å². The van der Waals surface area contributed by atoms with Gasteiger partial charge in [-0.15, -0.1) is 0 Å². The van der Waals surface area contributed by atoms with E-state index in [4.69, 9.17) is 11.6 Å². The SMILES string of the molecule is O=CCP(CCl)(c1ccccc1)(c1ccccc1)c1ccccc1. The van der Waals surface area contributed by atoms with Crippen molar-refractivity contribution in [3.05, 3.63) is 91.0 Å². The maximum absolute atomic E-state index is 11.9. The molecule has 0 heterocycles. The van der Waals surface area contributed by atoms with Crippen molar-refractivity contribution in [1.82, 2.24) is 0 Å². The number of hydrogen-bond donors (Lipinski definition) is 0. The van der Waals surface area contributed by atoms with Crippen molar-refractivity contribution in [2.24, 2.45) is 0 Å². The molecule has 0 unspecified atom stereocenters. The number of halogens is 1. The molecular formula is C21H20ClOP. The third kappa shape index (κ3) is 2.40. The second-order valence-electron chi connectivity index (χ2n) is 5.98. The normalized spacial score (nSPS) is 13.0.